The second-order valence-corrected chi connectivity index (χ2v) is 4.72. The lowest BCUT2D eigenvalue weighted by molar-refractivity contribution is 0.102. The van der Waals surface area contributed by atoms with Gasteiger partial charge in [-0.15, -0.1) is 12.6 Å². The van der Waals surface area contributed by atoms with Crippen LogP contribution in [-0.2, 0) is 0 Å². The third kappa shape index (κ3) is 2.96. The molecular formula is C14H10F3NOS. The normalized spacial score (nSPS) is 10.4. The Labute approximate surface area is 119 Å². The molecule has 0 saturated carbocycles. The second kappa shape index (κ2) is 5.58. The number of carbonyl (C=O) groups excluding carboxylic acids is 1. The highest BCUT2D eigenvalue weighted by atomic mass is 32.1. The average molecular weight is 297 g/mol. The zero-order valence-electron chi connectivity index (χ0n) is 10.4. The molecule has 0 heterocycles. The van der Waals surface area contributed by atoms with E-state index in [0.717, 1.165) is 12.1 Å². The predicted octanol–water partition coefficient (Wildman–Crippen LogP) is 3.95. The van der Waals surface area contributed by atoms with Crippen LogP contribution in [0.25, 0.3) is 0 Å². The van der Waals surface area contributed by atoms with Crippen molar-refractivity contribution in [2.45, 2.75) is 11.8 Å². The first-order valence-corrected chi connectivity index (χ1v) is 6.08. The zero-order valence-corrected chi connectivity index (χ0v) is 11.3. The molecule has 0 saturated heterocycles. The van der Waals surface area contributed by atoms with E-state index >= 15 is 0 Å². The van der Waals surface area contributed by atoms with E-state index in [0.29, 0.717) is 16.0 Å². The van der Waals surface area contributed by atoms with Crippen LogP contribution in [-0.4, -0.2) is 5.91 Å². The van der Waals surface area contributed by atoms with Gasteiger partial charge < -0.3 is 5.32 Å². The molecular weight excluding hydrogens is 287 g/mol. The van der Waals surface area contributed by atoms with Crippen molar-refractivity contribution in [1.29, 1.82) is 0 Å². The van der Waals surface area contributed by atoms with Crippen molar-refractivity contribution in [3.63, 3.8) is 0 Å². The molecule has 1 N–H and O–H groups in total. The quantitative estimate of drug-likeness (QED) is 0.638. The molecule has 0 spiro atoms. The molecule has 20 heavy (non-hydrogen) atoms. The van der Waals surface area contributed by atoms with Crippen LogP contribution in [0.15, 0.2) is 35.2 Å². The third-order valence-corrected chi connectivity index (χ3v) is 2.99. The number of rotatable bonds is 2. The number of thiol groups is 1. The molecule has 1 amide bonds. The van der Waals surface area contributed by atoms with Crippen molar-refractivity contribution in [3.05, 3.63) is 58.9 Å². The van der Waals surface area contributed by atoms with E-state index in [-0.39, 0.29) is 5.69 Å². The summed E-state index contributed by atoms with van der Waals surface area (Å²) in [6, 6.07) is 6.38. The molecule has 0 fully saturated rings. The van der Waals surface area contributed by atoms with Gasteiger partial charge in [0.1, 0.15) is 0 Å². The fourth-order valence-corrected chi connectivity index (χ4v) is 1.88. The Balaban J connectivity index is 2.30. The highest BCUT2D eigenvalue weighted by Crippen LogP contribution is 2.20. The molecule has 6 heteroatoms. The van der Waals surface area contributed by atoms with Crippen LogP contribution in [0, 0.1) is 24.4 Å². The number of hydrogen-bond acceptors (Lipinski definition) is 2. The van der Waals surface area contributed by atoms with E-state index in [9.17, 15) is 18.0 Å². The topological polar surface area (TPSA) is 29.1 Å². The van der Waals surface area contributed by atoms with Crippen LogP contribution in [0.1, 0.15) is 15.9 Å². The van der Waals surface area contributed by atoms with Crippen LogP contribution in [0.5, 0.6) is 0 Å². The largest absolute Gasteiger partial charge is 0.322 e. The van der Waals surface area contributed by atoms with Gasteiger partial charge in [-0.25, -0.2) is 13.2 Å². The van der Waals surface area contributed by atoms with Gasteiger partial charge in [-0.05, 0) is 24.6 Å². The molecule has 0 radical (unpaired) electrons. The number of aryl methyl sites for hydroxylation is 1. The van der Waals surface area contributed by atoms with E-state index < -0.39 is 23.4 Å². The fraction of sp³-hybridized carbons (Fsp3) is 0.0714. The molecule has 0 aliphatic carbocycles. The van der Waals surface area contributed by atoms with Crippen molar-refractivity contribution in [2.75, 3.05) is 5.32 Å². The molecule has 0 aliphatic rings. The minimum Gasteiger partial charge on any atom is -0.322 e. The number of anilines is 1. The predicted molar refractivity (Wildman–Crippen MR) is 72.7 cm³/mol. The molecule has 2 aromatic rings. The Hall–Kier alpha value is -1.95. The summed E-state index contributed by atoms with van der Waals surface area (Å²) in [5.74, 6) is -4.85. The maximum absolute atomic E-state index is 13.1. The first-order chi connectivity index (χ1) is 9.38. The van der Waals surface area contributed by atoms with Crippen LogP contribution in [0.4, 0.5) is 18.9 Å². The van der Waals surface area contributed by atoms with E-state index in [1.54, 1.807) is 19.1 Å². The Morgan fingerprint density at radius 3 is 2.30 bits per heavy atom. The zero-order chi connectivity index (χ0) is 14.9. The van der Waals surface area contributed by atoms with Crippen LogP contribution >= 0.6 is 12.6 Å². The fourth-order valence-electron chi connectivity index (χ4n) is 1.68. The Kier molecular flexibility index (Phi) is 4.04. The maximum atomic E-state index is 13.1. The van der Waals surface area contributed by atoms with E-state index in [1.807, 2.05) is 0 Å². The monoisotopic (exact) mass is 297 g/mol. The number of nitrogens with one attached hydrogen (secondary N) is 1. The Morgan fingerprint density at radius 1 is 1.10 bits per heavy atom. The van der Waals surface area contributed by atoms with Gasteiger partial charge >= 0.3 is 0 Å². The number of benzene rings is 2. The summed E-state index contributed by atoms with van der Waals surface area (Å²) < 4.78 is 38.9. The van der Waals surface area contributed by atoms with Crippen LogP contribution in [0.3, 0.4) is 0 Å². The summed E-state index contributed by atoms with van der Waals surface area (Å²) in [6.07, 6.45) is 0. The molecule has 104 valence electrons. The first kappa shape index (κ1) is 14.5. The molecule has 0 atom stereocenters. The third-order valence-electron chi connectivity index (χ3n) is 2.71. The highest BCUT2D eigenvalue weighted by molar-refractivity contribution is 7.80. The number of hydrogen-bond donors (Lipinski definition) is 2. The Bertz CT molecular complexity index is 665. The van der Waals surface area contributed by atoms with Crippen molar-refractivity contribution in [3.8, 4) is 0 Å². The molecule has 2 nitrogen and oxygen atoms in total. The van der Waals surface area contributed by atoms with Gasteiger partial charge in [-0.1, -0.05) is 6.07 Å². The van der Waals surface area contributed by atoms with E-state index in [2.05, 4.69) is 17.9 Å². The van der Waals surface area contributed by atoms with Gasteiger partial charge in [0.15, 0.2) is 17.5 Å². The lowest BCUT2D eigenvalue weighted by Crippen LogP contribution is -2.14. The van der Waals surface area contributed by atoms with Crippen molar-refractivity contribution < 1.29 is 18.0 Å². The standard InChI is InChI=1S/C14H10F3NOS/c1-7-2-3-9(20)6-10(7)14(19)18-8-4-11(15)13(17)12(16)5-8/h2-6,20H,1H3,(H,18,19). The molecule has 0 aromatic heterocycles. The van der Waals surface area contributed by atoms with Gasteiger partial charge in [0, 0.05) is 28.3 Å². The first-order valence-electron chi connectivity index (χ1n) is 5.64. The number of carbonyl (C=O) groups is 1. The SMILES string of the molecule is Cc1ccc(S)cc1C(=O)Nc1cc(F)c(F)c(F)c1. The summed E-state index contributed by atoms with van der Waals surface area (Å²) >= 11 is 4.12. The van der Waals surface area contributed by atoms with Gasteiger partial charge in [0.2, 0.25) is 0 Å². The van der Waals surface area contributed by atoms with Crippen molar-refractivity contribution in [1.82, 2.24) is 0 Å². The average Bonchev–Trinajstić information content (AvgIpc) is 2.38. The van der Waals surface area contributed by atoms with Gasteiger partial charge in [0.05, 0.1) is 0 Å². The Morgan fingerprint density at radius 2 is 1.70 bits per heavy atom. The molecule has 0 aliphatic heterocycles. The van der Waals surface area contributed by atoms with E-state index in [4.69, 9.17) is 0 Å². The minimum absolute atomic E-state index is 0.157. The van der Waals surface area contributed by atoms with E-state index in [1.165, 1.54) is 6.07 Å². The molecule has 2 rings (SSSR count). The summed E-state index contributed by atoms with van der Waals surface area (Å²) in [5, 5.41) is 2.32. The molecule has 2 aromatic carbocycles. The lowest BCUT2D eigenvalue weighted by atomic mass is 10.1. The minimum atomic E-state index is -1.57. The summed E-state index contributed by atoms with van der Waals surface area (Å²) in [5.41, 5.74) is 0.848. The van der Waals surface area contributed by atoms with Gasteiger partial charge in [-0.3, -0.25) is 4.79 Å². The van der Waals surface area contributed by atoms with Gasteiger partial charge in [0.25, 0.3) is 5.91 Å². The molecule has 0 bridgehead atoms. The summed E-state index contributed by atoms with van der Waals surface area (Å²) in [7, 11) is 0. The number of halogens is 3. The maximum Gasteiger partial charge on any atom is 0.255 e. The van der Waals surface area contributed by atoms with Crippen molar-refractivity contribution in [2.24, 2.45) is 0 Å². The van der Waals surface area contributed by atoms with Crippen LogP contribution in [0.2, 0.25) is 0 Å². The summed E-state index contributed by atoms with van der Waals surface area (Å²) in [4.78, 5) is 12.6. The number of amides is 1. The van der Waals surface area contributed by atoms with Crippen LogP contribution < -0.4 is 5.32 Å². The molecule has 0 unspecified atom stereocenters. The lowest BCUT2D eigenvalue weighted by Gasteiger charge is -2.09. The van der Waals surface area contributed by atoms with Crippen molar-refractivity contribution >= 4 is 24.2 Å². The smallest absolute Gasteiger partial charge is 0.255 e. The summed E-state index contributed by atoms with van der Waals surface area (Å²) in [6.45, 7) is 1.72. The highest BCUT2D eigenvalue weighted by Gasteiger charge is 2.14. The van der Waals surface area contributed by atoms with Gasteiger partial charge in [-0.2, -0.15) is 0 Å². The second-order valence-electron chi connectivity index (χ2n) is 4.21.